The number of carbonyl (C=O) groups is 4. The molecule has 0 aromatic rings. The number of methoxy groups -OCH3 is 2. The Morgan fingerprint density at radius 2 is 1.07 bits per heavy atom. The molecule has 0 aliphatic carbocycles. The maximum atomic E-state index is 11.8. The first-order valence-electron chi connectivity index (χ1n) is 8.79. The Balaban J connectivity index is 4.78. The maximum Gasteiger partial charge on any atom is 0.347 e. The molecule has 0 bridgehead atoms. The molecular formula is C18H28O10. The minimum absolute atomic E-state index is 0.0985. The summed E-state index contributed by atoms with van der Waals surface area (Å²) in [5, 5.41) is 0. The van der Waals surface area contributed by atoms with Crippen LogP contribution in [0.25, 0.3) is 0 Å². The molecule has 10 nitrogen and oxygen atoms in total. The van der Waals surface area contributed by atoms with Gasteiger partial charge in [0.1, 0.15) is 0 Å². The number of hydrogen-bond acceptors (Lipinski definition) is 10. The molecule has 10 heteroatoms. The lowest BCUT2D eigenvalue weighted by Crippen LogP contribution is -2.30. The van der Waals surface area contributed by atoms with Crippen molar-refractivity contribution in [3.05, 3.63) is 12.2 Å². The van der Waals surface area contributed by atoms with E-state index in [0.29, 0.717) is 0 Å². The average Bonchev–Trinajstić information content (AvgIpc) is 2.66. The van der Waals surface area contributed by atoms with E-state index in [1.54, 1.807) is 13.8 Å². The highest BCUT2D eigenvalue weighted by Gasteiger charge is 2.25. The summed E-state index contributed by atoms with van der Waals surface area (Å²) in [5.41, 5.74) is 0. The van der Waals surface area contributed by atoms with Crippen LogP contribution in [0, 0.1) is 0 Å². The van der Waals surface area contributed by atoms with Crippen molar-refractivity contribution < 1.29 is 47.6 Å². The van der Waals surface area contributed by atoms with Gasteiger partial charge in [0.05, 0.1) is 26.4 Å². The number of carbonyl (C=O) groups excluding carboxylic acids is 4. The lowest BCUT2D eigenvalue weighted by atomic mass is 10.2. The van der Waals surface area contributed by atoms with E-state index >= 15 is 0 Å². The van der Waals surface area contributed by atoms with Crippen LogP contribution in [-0.2, 0) is 47.6 Å². The summed E-state index contributed by atoms with van der Waals surface area (Å²) in [6.07, 6.45) is -0.549. The lowest BCUT2D eigenvalue weighted by molar-refractivity contribution is -0.166. The van der Waals surface area contributed by atoms with Gasteiger partial charge in [-0.25, -0.2) is 19.2 Å². The summed E-state index contributed by atoms with van der Waals surface area (Å²) in [5.74, 6) is -3.33. The van der Waals surface area contributed by atoms with Crippen molar-refractivity contribution in [2.75, 3.05) is 40.6 Å². The molecular weight excluding hydrogens is 376 g/mol. The smallest absolute Gasteiger partial charge is 0.347 e. The summed E-state index contributed by atoms with van der Waals surface area (Å²) in [4.78, 5) is 47.2. The molecule has 0 spiro atoms. The van der Waals surface area contributed by atoms with E-state index in [4.69, 9.17) is 28.4 Å². The molecule has 0 aliphatic rings. The molecule has 0 saturated heterocycles. The number of ether oxygens (including phenoxy) is 6. The third-order valence-electron chi connectivity index (χ3n) is 3.14. The van der Waals surface area contributed by atoms with E-state index in [0.717, 1.165) is 12.2 Å². The zero-order valence-corrected chi connectivity index (χ0v) is 16.6. The third-order valence-corrected chi connectivity index (χ3v) is 3.14. The fourth-order valence-corrected chi connectivity index (χ4v) is 1.87. The molecule has 0 saturated carbocycles. The lowest BCUT2D eigenvalue weighted by Gasteiger charge is -2.15. The first-order valence-corrected chi connectivity index (χ1v) is 8.79. The van der Waals surface area contributed by atoms with Crippen molar-refractivity contribution >= 4 is 23.9 Å². The largest absolute Gasteiger partial charge is 0.463 e. The van der Waals surface area contributed by atoms with Gasteiger partial charge in [0.2, 0.25) is 12.2 Å². The molecule has 0 aromatic carbocycles. The van der Waals surface area contributed by atoms with Gasteiger partial charge in [-0.15, -0.1) is 0 Å². The standard InChI is InChI=1S/C18H28O10/c1-5-25-17(21)13(9-11-23-3)27-15(19)7-8-16(20)28-14(10-12-24-4)18(22)26-6-2/h7-8,13-14H,5-6,9-12H2,1-4H3/b8-7+. The first kappa shape index (κ1) is 25.5. The van der Waals surface area contributed by atoms with Crippen LogP contribution in [0.15, 0.2) is 12.2 Å². The average molecular weight is 404 g/mol. The van der Waals surface area contributed by atoms with Gasteiger partial charge in [-0.1, -0.05) is 0 Å². The van der Waals surface area contributed by atoms with Crippen LogP contribution in [0.1, 0.15) is 26.7 Å². The van der Waals surface area contributed by atoms with Gasteiger partial charge in [-0.05, 0) is 13.8 Å². The molecule has 0 aliphatic heterocycles. The second-order valence-electron chi connectivity index (χ2n) is 5.25. The molecule has 2 atom stereocenters. The Labute approximate surface area is 164 Å². The van der Waals surface area contributed by atoms with Gasteiger partial charge in [-0.2, -0.15) is 0 Å². The van der Waals surface area contributed by atoms with Crippen molar-refractivity contribution in [2.45, 2.75) is 38.9 Å². The van der Waals surface area contributed by atoms with E-state index in [-0.39, 0.29) is 39.3 Å². The van der Waals surface area contributed by atoms with Crippen LogP contribution >= 0.6 is 0 Å². The van der Waals surface area contributed by atoms with Crippen molar-refractivity contribution in [1.82, 2.24) is 0 Å². The zero-order chi connectivity index (χ0) is 21.4. The molecule has 28 heavy (non-hydrogen) atoms. The summed E-state index contributed by atoms with van der Waals surface area (Å²) < 4.78 is 29.3. The molecule has 2 unspecified atom stereocenters. The second-order valence-corrected chi connectivity index (χ2v) is 5.25. The topological polar surface area (TPSA) is 124 Å². The van der Waals surface area contributed by atoms with Gasteiger partial charge in [0.25, 0.3) is 0 Å². The van der Waals surface area contributed by atoms with E-state index in [9.17, 15) is 19.2 Å². The summed E-state index contributed by atoms with van der Waals surface area (Å²) in [7, 11) is 2.87. The Morgan fingerprint density at radius 1 is 0.714 bits per heavy atom. The molecule has 0 fully saturated rings. The molecule has 0 radical (unpaired) electrons. The highest BCUT2D eigenvalue weighted by atomic mass is 16.6. The van der Waals surface area contributed by atoms with Crippen LogP contribution in [0.5, 0.6) is 0 Å². The Kier molecular flexibility index (Phi) is 14.2. The van der Waals surface area contributed by atoms with Gasteiger partial charge in [0, 0.05) is 39.2 Å². The van der Waals surface area contributed by atoms with E-state index in [2.05, 4.69) is 0 Å². The second kappa shape index (κ2) is 15.6. The highest BCUT2D eigenvalue weighted by molar-refractivity contribution is 5.93. The Morgan fingerprint density at radius 3 is 1.36 bits per heavy atom. The molecule has 0 aromatic heterocycles. The monoisotopic (exact) mass is 404 g/mol. The maximum absolute atomic E-state index is 11.8. The fourth-order valence-electron chi connectivity index (χ4n) is 1.87. The van der Waals surface area contributed by atoms with E-state index < -0.39 is 36.1 Å². The normalized spacial score (nSPS) is 12.9. The number of esters is 4. The summed E-state index contributed by atoms with van der Waals surface area (Å²) >= 11 is 0. The highest BCUT2D eigenvalue weighted by Crippen LogP contribution is 2.06. The molecule has 0 heterocycles. The van der Waals surface area contributed by atoms with Gasteiger partial charge < -0.3 is 28.4 Å². The quantitative estimate of drug-likeness (QED) is 0.230. The zero-order valence-electron chi connectivity index (χ0n) is 16.6. The van der Waals surface area contributed by atoms with Crippen molar-refractivity contribution in [3.8, 4) is 0 Å². The van der Waals surface area contributed by atoms with E-state index in [1.807, 2.05) is 0 Å². The molecule has 160 valence electrons. The Hall–Kier alpha value is -2.46. The SMILES string of the molecule is CCOC(=O)C(CCOC)OC(=O)/C=C/C(=O)OC(CCOC)C(=O)OCC. The first-order chi connectivity index (χ1) is 13.4. The van der Waals surface area contributed by atoms with Crippen LogP contribution in [0.4, 0.5) is 0 Å². The number of hydrogen-bond donors (Lipinski definition) is 0. The molecule has 0 amide bonds. The van der Waals surface area contributed by atoms with Crippen LogP contribution in [0.2, 0.25) is 0 Å². The van der Waals surface area contributed by atoms with Crippen LogP contribution in [0.3, 0.4) is 0 Å². The number of rotatable bonds is 14. The van der Waals surface area contributed by atoms with Crippen molar-refractivity contribution in [2.24, 2.45) is 0 Å². The molecule has 0 N–H and O–H groups in total. The minimum Gasteiger partial charge on any atom is -0.463 e. The van der Waals surface area contributed by atoms with E-state index in [1.165, 1.54) is 14.2 Å². The van der Waals surface area contributed by atoms with Crippen molar-refractivity contribution in [1.29, 1.82) is 0 Å². The van der Waals surface area contributed by atoms with Crippen LogP contribution < -0.4 is 0 Å². The minimum atomic E-state index is -1.16. The fraction of sp³-hybridized carbons (Fsp3) is 0.667. The van der Waals surface area contributed by atoms with Gasteiger partial charge in [0.15, 0.2) is 0 Å². The van der Waals surface area contributed by atoms with Crippen molar-refractivity contribution in [3.63, 3.8) is 0 Å². The molecule has 0 rings (SSSR count). The van der Waals surface area contributed by atoms with Gasteiger partial charge >= 0.3 is 23.9 Å². The predicted octanol–water partition coefficient (Wildman–Crippen LogP) is 0.565. The third kappa shape index (κ3) is 11.3. The van der Waals surface area contributed by atoms with Gasteiger partial charge in [-0.3, -0.25) is 0 Å². The Bertz CT molecular complexity index is 482. The predicted molar refractivity (Wildman–Crippen MR) is 95.2 cm³/mol. The van der Waals surface area contributed by atoms with Crippen LogP contribution in [-0.4, -0.2) is 76.7 Å². The summed E-state index contributed by atoms with van der Waals surface area (Å²) in [6.45, 7) is 3.82. The summed E-state index contributed by atoms with van der Waals surface area (Å²) in [6, 6.07) is 0.